The van der Waals surface area contributed by atoms with Gasteiger partial charge in [0, 0.05) is 13.0 Å². The molecule has 0 aliphatic carbocycles. The minimum atomic E-state index is -8.77. The number of benzene rings is 1. The van der Waals surface area contributed by atoms with E-state index >= 15 is 0 Å². The highest BCUT2D eigenvalue weighted by atomic mass is 32.2. The molecular formula is C36H29F17O9S. The van der Waals surface area contributed by atoms with Gasteiger partial charge in [-0.1, -0.05) is 54.6 Å². The summed E-state index contributed by atoms with van der Waals surface area (Å²) >= 11 is -0.0118. The molecule has 5 unspecified atom stereocenters. The maximum atomic E-state index is 14.8. The van der Waals surface area contributed by atoms with Gasteiger partial charge in [0.15, 0.2) is 0 Å². The highest BCUT2D eigenvalue weighted by Gasteiger charge is 2.95. The van der Waals surface area contributed by atoms with E-state index in [1.165, 1.54) is 19.1 Å². The van der Waals surface area contributed by atoms with E-state index in [2.05, 4.69) is 4.74 Å². The normalized spacial score (nSPS) is 28.3. The molecule has 9 nitrogen and oxygen atoms in total. The number of thioether (sulfide) groups is 1. The van der Waals surface area contributed by atoms with E-state index in [0.717, 1.165) is 6.08 Å². The molecule has 4 saturated heterocycles. The van der Waals surface area contributed by atoms with Gasteiger partial charge in [-0.2, -0.15) is 86.4 Å². The number of carbonyl (C=O) groups excluding carboxylic acids is 4. The van der Waals surface area contributed by atoms with Crippen LogP contribution >= 0.6 is 11.8 Å². The third-order valence-corrected chi connectivity index (χ3v) is 11.7. The number of cyclic esters (lactones) is 4. The standard InChI is InChI=1S/C36H29F17O9S/c1-2-58-14-19(63-13-12-29(37,38)30(39,40)31(41,42)32(43,44)33(45,46)34(47,48)35(49,50)36(51,52)53)24-23-22(27(56)62-28(23)57)18(60-24)11-10-17-21-20(25(54)61-26(21)55)16(59-17)9-8-15-6-4-3-5-7-15/h3-11,16-24H,2,12-14H2,1H3/b9-8-,11-10+/t16?,17?,18?,19?,20-,21+,22+,23+,24?/m1/s1. The molecule has 4 heterocycles. The van der Waals surface area contributed by atoms with Crippen LogP contribution in [0.25, 0.3) is 6.08 Å². The van der Waals surface area contributed by atoms with Gasteiger partial charge < -0.3 is 23.7 Å². The van der Waals surface area contributed by atoms with Gasteiger partial charge in [0.1, 0.15) is 23.7 Å². The van der Waals surface area contributed by atoms with Crippen LogP contribution in [-0.4, -0.2) is 120 Å². The van der Waals surface area contributed by atoms with Gasteiger partial charge in [-0.25, -0.2) is 0 Å². The summed E-state index contributed by atoms with van der Waals surface area (Å²) in [6.45, 7) is 0.412. The largest absolute Gasteiger partial charge is 0.460 e. The summed E-state index contributed by atoms with van der Waals surface area (Å²) in [7, 11) is 0. The summed E-state index contributed by atoms with van der Waals surface area (Å²) in [5, 5.41) is -1.59. The van der Waals surface area contributed by atoms with E-state index in [-0.39, 0.29) is 18.4 Å². The van der Waals surface area contributed by atoms with Gasteiger partial charge in [0.25, 0.3) is 0 Å². The summed E-state index contributed by atoms with van der Waals surface area (Å²) in [5.41, 5.74) is 0.677. The van der Waals surface area contributed by atoms with E-state index < -0.39 is 144 Å². The third-order valence-electron chi connectivity index (χ3n) is 10.5. The SMILES string of the molecule is CCOCC(SCCC(F)(F)C(F)(F)C(F)(F)C(F)(F)C(F)(F)C(F)(F)C(F)(F)C(F)(F)F)C1OC(/C=C/C2OC(/C=C\c3ccccc3)[C@H]3C(=O)OC(=O)[C@@H]23)[C@@H]2C(=O)OC(=O)[C@H]12. The molecular weight excluding hydrogens is 931 g/mol. The molecule has 352 valence electrons. The Morgan fingerprint density at radius 1 is 0.587 bits per heavy atom. The number of hydrogen-bond donors (Lipinski definition) is 0. The zero-order valence-corrected chi connectivity index (χ0v) is 32.0. The minimum Gasteiger partial charge on any atom is -0.393 e. The van der Waals surface area contributed by atoms with E-state index in [4.69, 9.17) is 18.9 Å². The first kappa shape index (κ1) is 50.0. The van der Waals surface area contributed by atoms with Crippen molar-refractivity contribution >= 4 is 41.7 Å². The van der Waals surface area contributed by atoms with E-state index in [1.807, 2.05) is 0 Å². The van der Waals surface area contributed by atoms with Crippen molar-refractivity contribution in [1.29, 1.82) is 0 Å². The molecule has 9 atom stereocenters. The third kappa shape index (κ3) is 8.31. The number of alkyl halides is 17. The Labute approximate surface area is 346 Å². The van der Waals surface area contributed by atoms with Gasteiger partial charge in [-0.3, -0.25) is 19.2 Å². The lowest BCUT2D eigenvalue weighted by molar-refractivity contribution is -0.461. The summed E-state index contributed by atoms with van der Waals surface area (Å²) < 4.78 is 261. The van der Waals surface area contributed by atoms with Gasteiger partial charge in [0.2, 0.25) is 0 Å². The zero-order chi connectivity index (χ0) is 47.5. The van der Waals surface area contributed by atoms with Gasteiger partial charge in [-0.05, 0) is 18.2 Å². The van der Waals surface area contributed by atoms with Crippen LogP contribution in [0.5, 0.6) is 0 Å². The predicted molar refractivity (Wildman–Crippen MR) is 176 cm³/mol. The molecule has 1 aromatic rings. The van der Waals surface area contributed by atoms with Gasteiger partial charge in [0.05, 0.1) is 36.3 Å². The first-order chi connectivity index (χ1) is 28.8. The fourth-order valence-corrected chi connectivity index (χ4v) is 8.37. The number of hydrogen-bond acceptors (Lipinski definition) is 10. The fourth-order valence-electron chi connectivity index (χ4n) is 7.08. The molecule has 4 aliphatic heterocycles. The first-order valence-electron chi connectivity index (χ1n) is 18.0. The van der Waals surface area contributed by atoms with Crippen molar-refractivity contribution in [2.45, 2.75) is 90.6 Å². The van der Waals surface area contributed by atoms with E-state index in [9.17, 15) is 93.8 Å². The number of carbonyl (C=O) groups is 4. The molecule has 0 amide bonds. The fraction of sp³-hybridized carbons (Fsp3) is 0.611. The van der Waals surface area contributed by atoms with Crippen molar-refractivity contribution in [3.63, 3.8) is 0 Å². The first-order valence-corrected chi connectivity index (χ1v) is 19.0. The Bertz CT molecular complexity index is 1960. The molecule has 0 N–H and O–H groups in total. The van der Waals surface area contributed by atoms with E-state index in [0.29, 0.717) is 5.56 Å². The van der Waals surface area contributed by atoms with Crippen molar-refractivity contribution in [2.24, 2.45) is 23.7 Å². The smallest absolute Gasteiger partial charge is 0.393 e. The average molecular weight is 961 g/mol. The summed E-state index contributed by atoms with van der Waals surface area (Å²) in [5.74, 6) is -69.1. The molecule has 0 bridgehead atoms. The summed E-state index contributed by atoms with van der Waals surface area (Å²) in [6, 6.07) is 8.57. The lowest BCUT2D eigenvalue weighted by Crippen LogP contribution is -2.74. The van der Waals surface area contributed by atoms with Crippen LogP contribution in [0.15, 0.2) is 48.6 Å². The van der Waals surface area contributed by atoms with Crippen molar-refractivity contribution in [3.8, 4) is 0 Å². The average Bonchev–Trinajstić information content (AvgIpc) is 3.91. The monoisotopic (exact) mass is 960 g/mol. The van der Waals surface area contributed by atoms with Gasteiger partial charge >= 0.3 is 71.5 Å². The second-order valence-corrected chi connectivity index (χ2v) is 15.7. The highest BCUT2D eigenvalue weighted by molar-refractivity contribution is 8.00. The number of fused-ring (bicyclic) bond motifs is 2. The molecule has 1 aromatic carbocycles. The number of halogens is 17. The predicted octanol–water partition coefficient (Wildman–Crippen LogP) is 7.96. The van der Waals surface area contributed by atoms with E-state index in [1.54, 1.807) is 36.4 Å². The van der Waals surface area contributed by atoms with Crippen molar-refractivity contribution < 1.29 is 117 Å². The van der Waals surface area contributed by atoms with Crippen LogP contribution in [0.4, 0.5) is 74.6 Å². The lowest BCUT2D eigenvalue weighted by atomic mass is 9.86. The topological polar surface area (TPSA) is 114 Å². The quantitative estimate of drug-likeness (QED) is 0.0622. The molecule has 4 fully saturated rings. The summed E-state index contributed by atoms with van der Waals surface area (Å²) in [4.78, 5) is 50.9. The van der Waals surface area contributed by atoms with Crippen LogP contribution in [0.1, 0.15) is 18.9 Å². The van der Waals surface area contributed by atoms with Crippen LogP contribution < -0.4 is 0 Å². The number of esters is 4. The van der Waals surface area contributed by atoms with Crippen LogP contribution in [0.2, 0.25) is 0 Å². The number of rotatable bonds is 18. The Morgan fingerprint density at radius 3 is 1.51 bits per heavy atom. The minimum absolute atomic E-state index is 0.0118. The zero-order valence-electron chi connectivity index (χ0n) is 31.2. The molecule has 0 spiro atoms. The van der Waals surface area contributed by atoms with Crippen LogP contribution in [-0.2, 0) is 42.9 Å². The Balaban J connectivity index is 1.35. The highest BCUT2D eigenvalue weighted by Crippen LogP contribution is 2.64. The molecule has 5 rings (SSSR count). The maximum absolute atomic E-state index is 14.8. The van der Waals surface area contributed by atoms with Crippen molar-refractivity contribution in [2.75, 3.05) is 19.0 Å². The molecule has 0 saturated carbocycles. The lowest BCUT2D eigenvalue weighted by Gasteiger charge is -2.42. The molecule has 27 heteroatoms. The summed E-state index contributed by atoms with van der Waals surface area (Å²) in [6.07, 6.45) is -10.8. The van der Waals surface area contributed by atoms with Crippen LogP contribution in [0, 0.1) is 23.7 Å². The van der Waals surface area contributed by atoms with Crippen molar-refractivity contribution in [1.82, 2.24) is 0 Å². The second kappa shape index (κ2) is 17.1. The Kier molecular flexibility index (Phi) is 13.6. The molecule has 4 aliphatic rings. The maximum Gasteiger partial charge on any atom is 0.460 e. The van der Waals surface area contributed by atoms with Gasteiger partial charge in [-0.15, -0.1) is 0 Å². The van der Waals surface area contributed by atoms with Crippen molar-refractivity contribution in [3.05, 3.63) is 54.1 Å². The Hall–Kier alpha value is -3.98. The molecule has 63 heavy (non-hydrogen) atoms. The number of ether oxygens (including phenoxy) is 5. The molecule has 0 aromatic heterocycles. The molecule has 0 radical (unpaired) electrons. The Morgan fingerprint density at radius 2 is 1.02 bits per heavy atom. The van der Waals surface area contributed by atoms with Crippen LogP contribution in [0.3, 0.4) is 0 Å². The second-order valence-electron chi connectivity index (χ2n) is 14.3.